The molecule has 0 radical (unpaired) electrons. The van der Waals surface area contributed by atoms with Crippen LogP contribution in [0.15, 0.2) is 66.3 Å². The van der Waals surface area contributed by atoms with E-state index in [0.717, 1.165) is 33.8 Å². The van der Waals surface area contributed by atoms with Crippen molar-refractivity contribution >= 4 is 40.8 Å². The number of β-amino-alcohol motifs (C(OH)–C–C–N with tert-alkyl or cyclic N) is 1. The average Bonchev–Trinajstić information content (AvgIpc) is 3.98. The molecule has 17 nitrogen and oxygen atoms in total. The molecule has 1 aliphatic carbocycles. The Labute approximate surface area is 445 Å². The first-order valence-electron chi connectivity index (χ1n) is 25.6. The monoisotopic (exact) mass is 1070 g/mol. The summed E-state index contributed by atoms with van der Waals surface area (Å²) in [5, 5.41) is 29.1. The molecule has 76 heavy (non-hydrogen) atoms. The Balaban J connectivity index is 0.776. The van der Waals surface area contributed by atoms with Gasteiger partial charge in [0.1, 0.15) is 36.4 Å². The first kappa shape index (κ1) is 56.0. The maximum Gasteiger partial charge on any atom is 0.417 e. The van der Waals surface area contributed by atoms with Gasteiger partial charge >= 0.3 is 6.18 Å². The molecule has 4 amide bonds. The first-order valence-corrected chi connectivity index (χ1v) is 26.5. The number of rotatable bonds is 17. The number of aliphatic hydroxyl groups excluding tert-OH is 1. The number of benzene rings is 2. The molecule has 4 N–H and O–H groups in total. The van der Waals surface area contributed by atoms with Crippen LogP contribution in [-0.2, 0) is 30.0 Å². The van der Waals surface area contributed by atoms with E-state index >= 15 is 0 Å². The van der Waals surface area contributed by atoms with Crippen LogP contribution in [0.4, 0.5) is 19.0 Å². The number of ether oxygens (including phenoxy) is 3. The number of amides is 4. The third kappa shape index (κ3) is 12.2. The van der Waals surface area contributed by atoms with Gasteiger partial charge in [-0.25, -0.2) is 9.97 Å². The van der Waals surface area contributed by atoms with Gasteiger partial charge in [-0.2, -0.15) is 18.4 Å². The number of anilines is 1. The number of pyridine rings is 1. The normalized spacial score (nSPS) is 22.4. The van der Waals surface area contributed by atoms with Gasteiger partial charge in [0.15, 0.2) is 0 Å². The van der Waals surface area contributed by atoms with Crippen molar-refractivity contribution in [1.29, 1.82) is 5.26 Å². The Kier molecular flexibility index (Phi) is 16.5. The SMILES string of the molecule is Cc1ncsc1-c1ccc([C@H](NC(=O)[C@@H]2C[C@@H](O)CN2C(=O)[C@@H](NC(=O)COCCN2CCN(c3ccc(C(=O)N[C@H]4C(C)(C)[C@H](Oc5ccc(C#N)c(C(F)(F)F)c5)C4(C)C)cn3)CC2)C(C)(C)C)C2COC2)cc1. The van der Waals surface area contributed by atoms with Gasteiger partial charge in [0.2, 0.25) is 17.7 Å². The number of halogens is 3. The van der Waals surface area contributed by atoms with Gasteiger partial charge in [0.25, 0.3) is 5.91 Å². The molecule has 0 unspecified atom stereocenters. The maximum absolute atomic E-state index is 14.3. The minimum absolute atomic E-state index is 0.0103. The molecule has 3 saturated heterocycles. The van der Waals surface area contributed by atoms with Gasteiger partial charge in [-0.15, -0.1) is 11.3 Å². The number of nitriles is 1. The Hall–Kier alpha value is -6.18. The number of nitrogens with zero attached hydrogens (tertiary/aromatic N) is 6. The molecule has 2 aromatic heterocycles. The smallest absolute Gasteiger partial charge is 0.417 e. The van der Waals surface area contributed by atoms with Crippen LogP contribution in [0.5, 0.6) is 5.75 Å². The van der Waals surface area contributed by atoms with E-state index in [4.69, 9.17) is 14.2 Å². The molecule has 0 bridgehead atoms. The second-order valence-electron chi connectivity index (χ2n) is 22.6. The van der Waals surface area contributed by atoms with Crippen LogP contribution < -0.4 is 25.6 Å². The predicted octanol–water partition coefficient (Wildman–Crippen LogP) is 6.15. The van der Waals surface area contributed by atoms with Crippen molar-refractivity contribution in [3.63, 3.8) is 0 Å². The lowest BCUT2D eigenvalue weighted by Gasteiger charge is -2.63. The van der Waals surface area contributed by atoms with E-state index in [1.54, 1.807) is 29.5 Å². The number of thiazole rings is 1. The van der Waals surface area contributed by atoms with Crippen LogP contribution in [0.25, 0.3) is 10.4 Å². The van der Waals surface area contributed by atoms with Crippen LogP contribution in [0.1, 0.15) is 93.7 Å². The second-order valence-corrected chi connectivity index (χ2v) is 23.4. The van der Waals surface area contributed by atoms with E-state index in [1.807, 2.05) is 85.2 Å². The van der Waals surface area contributed by atoms with Crippen LogP contribution in [0.2, 0.25) is 0 Å². The standard InChI is InChI=1S/C55H68F3N9O8S/c1-32-45(76-31-61-32)34-11-9-33(10-12-34)44(37-28-74-29-37)63-48(71)41-23-38(68)27-67(41)49(72)46(52(2,3)4)62-43(69)30-73-22-21-65-17-19-66(20-18-65)42-16-14-36(26-60-42)47(70)64-50-53(5,6)51(54(50,7)8)75-39-15-13-35(25-59)40(24-39)55(56,57)58/h9-16,24,26,31,37-38,41,44,46,50-51,68H,17-23,27-30H2,1-8H3,(H,62,69)(H,63,71)(H,64,70)/t38-,41+,44+,46-,50-,51-/m1/s1. The summed E-state index contributed by atoms with van der Waals surface area (Å²) in [6.07, 6.45) is -4.61. The van der Waals surface area contributed by atoms with Gasteiger partial charge < -0.3 is 45.1 Å². The lowest BCUT2D eigenvalue weighted by atomic mass is 9.49. The highest BCUT2D eigenvalue weighted by atomic mass is 32.1. The number of carbonyl (C=O) groups excluding carboxylic acids is 4. The van der Waals surface area contributed by atoms with Gasteiger partial charge in [-0.1, -0.05) is 72.7 Å². The zero-order chi connectivity index (χ0) is 54.9. The number of nitrogens with one attached hydrogen (secondary N) is 3. The number of carbonyl (C=O) groups is 4. The summed E-state index contributed by atoms with van der Waals surface area (Å²) in [4.78, 5) is 71.0. The molecule has 2 aromatic carbocycles. The Morgan fingerprint density at radius 2 is 1.66 bits per heavy atom. The number of piperazine rings is 1. The van der Waals surface area contributed by atoms with Crippen molar-refractivity contribution in [2.45, 2.75) is 104 Å². The fraction of sp³-hybridized carbons (Fsp3) is 0.545. The summed E-state index contributed by atoms with van der Waals surface area (Å²) >= 11 is 1.56. The Morgan fingerprint density at radius 1 is 0.961 bits per heavy atom. The van der Waals surface area contributed by atoms with Crippen LogP contribution >= 0.6 is 11.3 Å². The van der Waals surface area contributed by atoms with Gasteiger partial charge in [0.05, 0.1) is 70.8 Å². The lowest BCUT2D eigenvalue weighted by molar-refractivity contribution is -0.164. The van der Waals surface area contributed by atoms with Crippen molar-refractivity contribution in [2.75, 3.05) is 70.6 Å². The molecule has 4 aromatic rings. The van der Waals surface area contributed by atoms with E-state index < -0.39 is 69.7 Å². The molecule has 4 atom stereocenters. The lowest BCUT2D eigenvalue weighted by Crippen LogP contribution is -2.74. The number of aliphatic hydroxyl groups is 1. The number of hydrogen-bond acceptors (Lipinski definition) is 14. The molecular formula is C55H68F3N9O8S. The molecule has 8 rings (SSSR count). The summed E-state index contributed by atoms with van der Waals surface area (Å²) in [6.45, 7) is 19.2. The van der Waals surface area contributed by atoms with Gasteiger partial charge in [-0.3, -0.25) is 24.1 Å². The summed E-state index contributed by atoms with van der Waals surface area (Å²) in [7, 11) is 0. The van der Waals surface area contributed by atoms with Crippen LogP contribution in [0.3, 0.4) is 0 Å². The zero-order valence-corrected chi connectivity index (χ0v) is 45.0. The van der Waals surface area contributed by atoms with Crippen molar-refractivity contribution in [3.8, 4) is 22.3 Å². The number of aryl methyl sites for hydroxylation is 1. The van der Waals surface area contributed by atoms with Gasteiger partial charge in [0, 0.05) is 74.7 Å². The summed E-state index contributed by atoms with van der Waals surface area (Å²) in [5.41, 5.74) is 1.43. The fourth-order valence-corrected chi connectivity index (χ4v) is 12.1. The molecule has 4 fully saturated rings. The van der Waals surface area contributed by atoms with Crippen molar-refractivity contribution < 1.29 is 51.7 Å². The van der Waals surface area contributed by atoms with Gasteiger partial charge in [-0.05, 0) is 53.8 Å². The minimum Gasteiger partial charge on any atom is -0.489 e. The molecule has 408 valence electrons. The number of alkyl halides is 3. The molecule has 4 aliphatic rings. The second kappa shape index (κ2) is 22.4. The molecule has 1 saturated carbocycles. The summed E-state index contributed by atoms with van der Waals surface area (Å²) in [5.74, 6) is -0.936. The third-order valence-electron chi connectivity index (χ3n) is 15.3. The molecule has 5 heterocycles. The number of aromatic nitrogens is 2. The third-order valence-corrected chi connectivity index (χ3v) is 16.2. The highest BCUT2D eigenvalue weighted by molar-refractivity contribution is 7.13. The number of hydrogen-bond donors (Lipinski definition) is 4. The Bertz CT molecular complexity index is 2770. The molecular weight excluding hydrogens is 1000 g/mol. The largest absolute Gasteiger partial charge is 0.489 e. The van der Waals surface area contributed by atoms with Crippen molar-refractivity contribution in [1.82, 2.24) is 35.7 Å². The molecule has 21 heteroatoms. The summed E-state index contributed by atoms with van der Waals surface area (Å²) < 4.78 is 58.4. The van der Waals surface area contributed by atoms with E-state index in [0.29, 0.717) is 57.3 Å². The summed E-state index contributed by atoms with van der Waals surface area (Å²) in [6, 6.07) is 13.7. The topological polar surface area (TPSA) is 212 Å². The highest BCUT2D eigenvalue weighted by Crippen LogP contribution is 2.56. The van der Waals surface area contributed by atoms with E-state index in [-0.39, 0.29) is 61.7 Å². The molecule has 3 aliphatic heterocycles. The van der Waals surface area contributed by atoms with Crippen molar-refractivity contribution in [3.05, 3.63) is 94.3 Å². The maximum atomic E-state index is 14.3. The van der Waals surface area contributed by atoms with Crippen molar-refractivity contribution in [2.24, 2.45) is 22.2 Å². The van der Waals surface area contributed by atoms with E-state index in [2.05, 4.69) is 35.7 Å². The quantitative estimate of drug-likeness (QED) is 0.0876. The van der Waals surface area contributed by atoms with Crippen LogP contribution in [0, 0.1) is 40.4 Å². The van der Waals surface area contributed by atoms with E-state index in [9.17, 15) is 42.7 Å². The number of likely N-dealkylation sites (tertiary alicyclic amines) is 1. The average molecular weight is 1070 g/mol. The zero-order valence-electron chi connectivity index (χ0n) is 44.2. The first-order chi connectivity index (χ1) is 35.9. The minimum atomic E-state index is -4.72. The highest BCUT2D eigenvalue weighted by Gasteiger charge is 2.64. The fourth-order valence-electron chi connectivity index (χ4n) is 11.3. The van der Waals surface area contributed by atoms with E-state index in [1.165, 1.54) is 17.2 Å². The predicted molar refractivity (Wildman–Crippen MR) is 278 cm³/mol. The Morgan fingerprint density at radius 3 is 2.24 bits per heavy atom. The van der Waals surface area contributed by atoms with Crippen LogP contribution in [-0.4, -0.2) is 145 Å². The molecule has 0 spiro atoms.